The Labute approximate surface area is 179 Å². The Morgan fingerprint density at radius 2 is 1.41 bits per heavy atom. The molecule has 2 aromatic carbocycles. The van der Waals surface area contributed by atoms with Crippen LogP contribution in [0, 0.1) is 0 Å². The van der Waals surface area contributed by atoms with Gasteiger partial charge in [-0.25, -0.2) is 4.89 Å². The van der Waals surface area contributed by atoms with Crippen LogP contribution in [0.1, 0.15) is 65.0 Å². The molecule has 2 atom stereocenters. The molecule has 0 fully saturated rings. The second-order valence-corrected chi connectivity index (χ2v) is 13.0. The maximum atomic E-state index is 6.54. The molecule has 0 N–H and O–H groups in total. The maximum absolute atomic E-state index is 6.54. The number of rotatable bonds is 11. The topological polar surface area (TPSA) is 18.5 Å². The summed E-state index contributed by atoms with van der Waals surface area (Å²) >= 11 is 0. The molecule has 2 aromatic rings. The molecule has 0 aromatic heterocycles. The van der Waals surface area contributed by atoms with Gasteiger partial charge in [-0.1, -0.05) is 93.1 Å². The van der Waals surface area contributed by atoms with Crippen LogP contribution in [0.5, 0.6) is 0 Å². The molecule has 0 aliphatic rings. The second kappa shape index (κ2) is 10.9. The van der Waals surface area contributed by atoms with Crippen LogP contribution < -0.4 is 0 Å². The Morgan fingerprint density at radius 3 is 1.90 bits per heavy atom. The summed E-state index contributed by atoms with van der Waals surface area (Å²) in [6.45, 7) is 13.2. The minimum absolute atomic E-state index is 0.151. The van der Waals surface area contributed by atoms with Crippen molar-refractivity contribution in [3.8, 4) is 0 Å². The third-order valence-electron chi connectivity index (χ3n) is 6.30. The highest BCUT2D eigenvalue weighted by molar-refractivity contribution is 6.73. The first-order valence-corrected chi connectivity index (χ1v) is 13.5. The molecular formula is C26H38O2Si. The molecule has 0 spiro atoms. The van der Waals surface area contributed by atoms with Crippen molar-refractivity contribution in [1.29, 1.82) is 0 Å². The molecule has 0 heterocycles. The van der Waals surface area contributed by atoms with Gasteiger partial charge in [0.25, 0.3) is 0 Å². The van der Waals surface area contributed by atoms with Crippen LogP contribution in [0.15, 0.2) is 72.3 Å². The second-order valence-electron chi connectivity index (χ2n) is 8.36. The average Bonchev–Trinajstić information content (AvgIpc) is 2.76. The third kappa shape index (κ3) is 5.91. The van der Waals surface area contributed by atoms with Gasteiger partial charge < -0.3 is 0 Å². The zero-order valence-electron chi connectivity index (χ0n) is 19.1. The lowest BCUT2D eigenvalue weighted by Gasteiger charge is -2.40. The molecule has 0 radical (unpaired) electrons. The van der Waals surface area contributed by atoms with Crippen LogP contribution in [-0.2, 0) is 15.1 Å². The summed E-state index contributed by atoms with van der Waals surface area (Å²) in [5, 5.41) is 0. The van der Waals surface area contributed by atoms with Crippen LogP contribution in [0.3, 0.4) is 0 Å². The summed E-state index contributed by atoms with van der Waals surface area (Å²) in [5.41, 5.74) is 3.17. The Morgan fingerprint density at radius 1 is 0.897 bits per heavy atom. The van der Waals surface area contributed by atoms with Crippen molar-refractivity contribution in [3.63, 3.8) is 0 Å². The quantitative estimate of drug-likeness (QED) is 0.162. The molecule has 2 unspecified atom stereocenters. The summed E-state index contributed by atoms with van der Waals surface area (Å²) in [6.07, 6.45) is 3.21. The van der Waals surface area contributed by atoms with E-state index < -0.39 is 13.9 Å². The molecule has 2 rings (SSSR count). The first-order valence-electron chi connectivity index (χ1n) is 11.0. The largest absolute Gasteiger partial charge is 0.285 e. The van der Waals surface area contributed by atoms with E-state index in [4.69, 9.17) is 9.46 Å². The first kappa shape index (κ1) is 23.6. The number of allylic oxidation sites excluding steroid dienone is 2. The fourth-order valence-electron chi connectivity index (χ4n) is 3.90. The lowest BCUT2D eigenvalue weighted by Crippen LogP contribution is -2.42. The summed E-state index contributed by atoms with van der Waals surface area (Å²) in [7, 11) is -1.89. The predicted molar refractivity (Wildman–Crippen MR) is 126 cm³/mol. The van der Waals surface area contributed by atoms with Crippen LogP contribution in [0.4, 0.5) is 0 Å². The lowest BCUT2D eigenvalue weighted by atomic mass is 9.76. The maximum Gasteiger partial charge on any atom is 0.238 e. The summed E-state index contributed by atoms with van der Waals surface area (Å²) in [6, 6.07) is 24.5. The Bertz CT molecular complexity index is 741. The van der Waals surface area contributed by atoms with Gasteiger partial charge in [0.1, 0.15) is 5.60 Å². The van der Waals surface area contributed by atoms with Gasteiger partial charge in [-0.15, -0.1) is 0 Å². The smallest absolute Gasteiger partial charge is 0.238 e. The molecule has 29 heavy (non-hydrogen) atoms. The van der Waals surface area contributed by atoms with Gasteiger partial charge in [-0.2, -0.15) is 0 Å². The zero-order chi connectivity index (χ0) is 21.3. The lowest BCUT2D eigenvalue weighted by molar-refractivity contribution is -0.311. The fourth-order valence-corrected chi connectivity index (χ4v) is 6.10. The van der Waals surface area contributed by atoms with Gasteiger partial charge in [-0.3, -0.25) is 4.58 Å². The van der Waals surface area contributed by atoms with E-state index in [9.17, 15) is 0 Å². The molecule has 0 bridgehead atoms. The van der Waals surface area contributed by atoms with Gasteiger partial charge in [0.05, 0.1) is 0 Å². The summed E-state index contributed by atoms with van der Waals surface area (Å²) in [5.74, 6) is 0.151. The van der Waals surface area contributed by atoms with Crippen molar-refractivity contribution < 1.29 is 9.46 Å². The molecule has 2 nitrogen and oxygen atoms in total. The summed E-state index contributed by atoms with van der Waals surface area (Å²) in [4.78, 5) is 6.54. The van der Waals surface area contributed by atoms with Crippen molar-refractivity contribution in [2.75, 3.05) is 0 Å². The Hall–Kier alpha value is -1.68. The van der Waals surface area contributed by atoms with E-state index >= 15 is 0 Å². The number of hydrogen-bond acceptors (Lipinski definition) is 2. The average molecular weight is 411 g/mol. The Balaban J connectivity index is 2.52. The zero-order valence-corrected chi connectivity index (χ0v) is 20.1. The van der Waals surface area contributed by atoms with Crippen molar-refractivity contribution in [1.82, 2.24) is 0 Å². The monoisotopic (exact) mass is 410 g/mol. The molecule has 0 aliphatic carbocycles. The van der Waals surface area contributed by atoms with Crippen molar-refractivity contribution >= 4 is 8.32 Å². The van der Waals surface area contributed by atoms with Gasteiger partial charge in [-0.05, 0) is 56.5 Å². The highest BCUT2D eigenvalue weighted by atomic mass is 28.4. The van der Waals surface area contributed by atoms with E-state index in [2.05, 4.69) is 108 Å². The first-order chi connectivity index (χ1) is 13.9. The SMILES string of the molecule is CC[Si](CC)(CC)OOC(C)(c1ccccc1)C(CC=C(C)C)c1ccccc1. The third-order valence-corrected chi connectivity index (χ3v) is 10.6. The molecule has 0 saturated carbocycles. The fraction of sp³-hybridized carbons (Fsp3) is 0.462. The molecule has 0 aliphatic heterocycles. The number of benzene rings is 2. The molecular weight excluding hydrogens is 372 g/mol. The van der Waals surface area contributed by atoms with Gasteiger partial charge >= 0.3 is 0 Å². The van der Waals surface area contributed by atoms with Crippen molar-refractivity contribution in [3.05, 3.63) is 83.4 Å². The number of hydrogen-bond donors (Lipinski definition) is 0. The summed E-state index contributed by atoms with van der Waals surface area (Å²) < 4.78 is 6.42. The van der Waals surface area contributed by atoms with E-state index in [1.165, 1.54) is 11.1 Å². The van der Waals surface area contributed by atoms with E-state index in [0.29, 0.717) is 0 Å². The predicted octanol–water partition coefficient (Wildman–Crippen LogP) is 8.00. The van der Waals surface area contributed by atoms with E-state index in [0.717, 1.165) is 30.1 Å². The highest BCUT2D eigenvalue weighted by Crippen LogP contribution is 2.44. The van der Waals surface area contributed by atoms with E-state index in [-0.39, 0.29) is 5.92 Å². The Kier molecular flexibility index (Phi) is 8.88. The van der Waals surface area contributed by atoms with Gasteiger partial charge in [0.2, 0.25) is 8.32 Å². The van der Waals surface area contributed by atoms with Crippen LogP contribution in [0.25, 0.3) is 0 Å². The molecule has 3 heteroatoms. The van der Waals surface area contributed by atoms with Crippen LogP contribution >= 0.6 is 0 Å². The minimum atomic E-state index is -1.89. The van der Waals surface area contributed by atoms with Crippen LogP contribution in [-0.4, -0.2) is 8.32 Å². The highest BCUT2D eigenvalue weighted by Gasteiger charge is 2.42. The minimum Gasteiger partial charge on any atom is -0.285 e. The van der Waals surface area contributed by atoms with Gasteiger partial charge in [0, 0.05) is 5.92 Å². The van der Waals surface area contributed by atoms with Crippen molar-refractivity contribution in [2.45, 2.75) is 77.6 Å². The van der Waals surface area contributed by atoms with E-state index in [1.54, 1.807) is 0 Å². The molecule has 158 valence electrons. The van der Waals surface area contributed by atoms with Gasteiger partial charge in [0.15, 0.2) is 0 Å². The standard InChI is InChI=1S/C26H38O2Si/c1-7-29(8-2,9-3)28-27-26(6,24-18-14-11-15-19-24)25(21-20-22(4)5)23-16-12-10-13-17-23/h10-20,25H,7-9,21H2,1-6H3. The van der Waals surface area contributed by atoms with E-state index in [1.807, 2.05) is 0 Å². The van der Waals surface area contributed by atoms with Crippen molar-refractivity contribution in [2.24, 2.45) is 0 Å². The normalized spacial score (nSPS) is 14.8. The molecule has 0 amide bonds. The van der Waals surface area contributed by atoms with Crippen LogP contribution in [0.2, 0.25) is 18.1 Å². The molecule has 0 saturated heterocycles.